The number of benzene rings is 1. The highest BCUT2D eigenvalue weighted by molar-refractivity contribution is 5.22. The molecular formula is C17H27N3O. The lowest BCUT2D eigenvalue weighted by molar-refractivity contribution is 0.0189. The third kappa shape index (κ3) is 3.64. The lowest BCUT2D eigenvalue weighted by Crippen LogP contribution is -2.48. The van der Waals surface area contributed by atoms with Crippen LogP contribution in [-0.4, -0.2) is 60.2 Å². The van der Waals surface area contributed by atoms with E-state index < -0.39 is 5.60 Å². The first kappa shape index (κ1) is 15.0. The standard InChI is InChI=1S/C17H27N3O/c18-14-17(21,15-4-2-1-3-5-15)8-9-19-10-12-20(13-11-19)16-6-7-16/h1-5,16,21H,6-14,18H2. The lowest BCUT2D eigenvalue weighted by Gasteiger charge is -2.37. The van der Waals surface area contributed by atoms with Gasteiger partial charge in [-0.3, -0.25) is 4.90 Å². The van der Waals surface area contributed by atoms with E-state index in [1.807, 2.05) is 30.3 Å². The third-order valence-corrected chi connectivity index (χ3v) is 4.96. The van der Waals surface area contributed by atoms with Gasteiger partial charge in [0, 0.05) is 45.3 Å². The van der Waals surface area contributed by atoms with Crippen molar-refractivity contribution in [2.24, 2.45) is 5.73 Å². The quantitative estimate of drug-likeness (QED) is 0.820. The van der Waals surface area contributed by atoms with Gasteiger partial charge >= 0.3 is 0 Å². The van der Waals surface area contributed by atoms with Crippen LogP contribution in [0.4, 0.5) is 0 Å². The highest BCUT2D eigenvalue weighted by Gasteiger charge is 2.32. The smallest absolute Gasteiger partial charge is 0.103 e. The van der Waals surface area contributed by atoms with Crippen LogP contribution >= 0.6 is 0 Å². The lowest BCUT2D eigenvalue weighted by atomic mass is 9.90. The molecule has 3 rings (SSSR count). The van der Waals surface area contributed by atoms with Gasteiger partial charge in [0.25, 0.3) is 0 Å². The second kappa shape index (κ2) is 6.44. The van der Waals surface area contributed by atoms with Crippen molar-refractivity contribution in [3.8, 4) is 0 Å². The minimum absolute atomic E-state index is 0.277. The molecule has 1 heterocycles. The summed E-state index contributed by atoms with van der Waals surface area (Å²) in [6, 6.07) is 10.7. The molecule has 0 amide bonds. The maximum absolute atomic E-state index is 10.8. The molecule has 4 heteroatoms. The van der Waals surface area contributed by atoms with E-state index in [1.165, 1.54) is 25.9 Å². The number of aliphatic hydroxyl groups is 1. The van der Waals surface area contributed by atoms with Crippen molar-refractivity contribution in [2.45, 2.75) is 30.9 Å². The molecule has 2 aliphatic rings. The minimum atomic E-state index is -0.894. The second-order valence-corrected chi connectivity index (χ2v) is 6.46. The monoisotopic (exact) mass is 289 g/mol. The van der Waals surface area contributed by atoms with Crippen LogP contribution in [-0.2, 0) is 5.60 Å². The highest BCUT2D eigenvalue weighted by atomic mass is 16.3. The average molecular weight is 289 g/mol. The van der Waals surface area contributed by atoms with Crippen LogP contribution < -0.4 is 5.73 Å². The van der Waals surface area contributed by atoms with Crippen molar-refractivity contribution in [1.82, 2.24) is 9.80 Å². The molecule has 1 saturated carbocycles. The van der Waals surface area contributed by atoms with E-state index in [0.717, 1.165) is 31.2 Å². The summed E-state index contributed by atoms with van der Waals surface area (Å²) in [6.07, 6.45) is 3.48. The summed E-state index contributed by atoms with van der Waals surface area (Å²) in [5.74, 6) is 0. The Morgan fingerprint density at radius 2 is 1.76 bits per heavy atom. The summed E-state index contributed by atoms with van der Waals surface area (Å²) >= 11 is 0. The van der Waals surface area contributed by atoms with E-state index in [-0.39, 0.29) is 6.54 Å². The Hall–Kier alpha value is -0.940. The maximum atomic E-state index is 10.8. The molecule has 2 fully saturated rings. The number of piperazine rings is 1. The van der Waals surface area contributed by atoms with Gasteiger partial charge < -0.3 is 15.7 Å². The largest absolute Gasteiger partial charge is 0.384 e. The Bertz CT molecular complexity index is 441. The fourth-order valence-electron chi connectivity index (χ4n) is 3.25. The number of hydrogen-bond donors (Lipinski definition) is 2. The number of nitrogens with two attached hydrogens (primary N) is 1. The van der Waals surface area contributed by atoms with Crippen LogP contribution in [0.25, 0.3) is 0 Å². The summed E-state index contributed by atoms with van der Waals surface area (Å²) < 4.78 is 0. The SMILES string of the molecule is NCC(O)(CCN1CCN(C2CC2)CC1)c1ccccc1. The van der Waals surface area contributed by atoms with Crippen molar-refractivity contribution in [2.75, 3.05) is 39.3 Å². The Morgan fingerprint density at radius 1 is 1.10 bits per heavy atom. The van der Waals surface area contributed by atoms with Crippen molar-refractivity contribution < 1.29 is 5.11 Å². The summed E-state index contributed by atoms with van der Waals surface area (Å²) in [4.78, 5) is 5.07. The van der Waals surface area contributed by atoms with Gasteiger partial charge in [-0.1, -0.05) is 30.3 Å². The van der Waals surface area contributed by atoms with Crippen molar-refractivity contribution >= 4 is 0 Å². The van der Waals surface area contributed by atoms with E-state index in [2.05, 4.69) is 9.80 Å². The molecule has 0 radical (unpaired) electrons. The van der Waals surface area contributed by atoms with Gasteiger partial charge in [0.2, 0.25) is 0 Å². The van der Waals surface area contributed by atoms with Gasteiger partial charge in [-0.15, -0.1) is 0 Å². The Labute approximate surface area is 127 Å². The normalized spacial score (nSPS) is 23.9. The molecule has 0 bridgehead atoms. The molecule has 1 aromatic carbocycles. The van der Waals surface area contributed by atoms with Crippen LogP contribution in [0.15, 0.2) is 30.3 Å². The molecule has 0 spiro atoms. The van der Waals surface area contributed by atoms with Gasteiger partial charge in [0.1, 0.15) is 5.60 Å². The first-order valence-electron chi connectivity index (χ1n) is 8.16. The molecule has 4 nitrogen and oxygen atoms in total. The molecule has 1 aliphatic heterocycles. The summed E-state index contributed by atoms with van der Waals surface area (Å²) in [6.45, 7) is 5.78. The van der Waals surface area contributed by atoms with Crippen LogP contribution in [0.5, 0.6) is 0 Å². The molecule has 21 heavy (non-hydrogen) atoms. The van der Waals surface area contributed by atoms with Gasteiger partial charge in [0.15, 0.2) is 0 Å². The minimum Gasteiger partial charge on any atom is -0.384 e. The van der Waals surface area contributed by atoms with Crippen molar-refractivity contribution in [1.29, 1.82) is 0 Å². The van der Waals surface area contributed by atoms with Gasteiger partial charge in [-0.2, -0.15) is 0 Å². The van der Waals surface area contributed by atoms with Crippen LogP contribution in [0.1, 0.15) is 24.8 Å². The fourth-order valence-corrected chi connectivity index (χ4v) is 3.25. The zero-order chi connectivity index (χ0) is 14.7. The molecule has 1 saturated heterocycles. The molecule has 1 unspecified atom stereocenters. The predicted molar refractivity (Wildman–Crippen MR) is 85.0 cm³/mol. The van der Waals surface area contributed by atoms with Gasteiger partial charge in [0.05, 0.1) is 0 Å². The van der Waals surface area contributed by atoms with Crippen LogP contribution in [0.3, 0.4) is 0 Å². The summed E-state index contributed by atoms with van der Waals surface area (Å²) in [5, 5.41) is 10.8. The Kier molecular flexibility index (Phi) is 4.60. The Balaban J connectivity index is 1.51. The zero-order valence-corrected chi connectivity index (χ0v) is 12.7. The summed E-state index contributed by atoms with van der Waals surface area (Å²) in [5.41, 5.74) is 5.89. The highest BCUT2D eigenvalue weighted by Crippen LogP contribution is 2.28. The summed E-state index contributed by atoms with van der Waals surface area (Å²) in [7, 11) is 0. The predicted octanol–water partition coefficient (Wildman–Crippen LogP) is 1.00. The molecule has 1 atom stereocenters. The number of rotatable bonds is 6. The number of nitrogens with zero attached hydrogens (tertiary/aromatic N) is 2. The van der Waals surface area contributed by atoms with Crippen molar-refractivity contribution in [3.05, 3.63) is 35.9 Å². The Morgan fingerprint density at radius 3 is 2.33 bits per heavy atom. The average Bonchev–Trinajstić information content (AvgIpc) is 3.39. The topological polar surface area (TPSA) is 52.7 Å². The van der Waals surface area contributed by atoms with Gasteiger partial charge in [-0.25, -0.2) is 0 Å². The second-order valence-electron chi connectivity index (χ2n) is 6.46. The van der Waals surface area contributed by atoms with Gasteiger partial charge in [-0.05, 0) is 24.8 Å². The van der Waals surface area contributed by atoms with E-state index in [9.17, 15) is 5.11 Å². The molecule has 3 N–H and O–H groups in total. The molecular weight excluding hydrogens is 262 g/mol. The van der Waals surface area contributed by atoms with Crippen LogP contribution in [0, 0.1) is 0 Å². The van der Waals surface area contributed by atoms with E-state index in [0.29, 0.717) is 6.42 Å². The van der Waals surface area contributed by atoms with Crippen molar-refractivity contribution in [3.63, 3.8) is 0 Å². The molecule has 116 valence electrons. The first-order chi connectivity index (χ1) is 10.2. The fraction of sp³-hybridized carbons (Fsp3) is 0.647. The van der Waals surface area contributed by atoms with E-state index in [1.54, 1.807) is 0 Å². The maximum Gasteiger partial charge on any atom is 0.103 e. The number of hydrogen-bond acceptors (Lipinski definition) is 4. The zero-order valence-electron chi connectivity index (χ0n) is 12.7. The third-order valence-electron chi connectivity index (χ3n) is 4.96. The van der Waals surface area contributed by atoms with E-state index in [4.69, 9.17) is 5.73 Å². The molecule has 1 aliphatic carbocycles. The van der Waals surface area contributed by atoms with Crippen LogP contribution in [0.2, 0.25) is 0 Å². The van der Waals surface area contributed by atoms with E-state index >= 15 is 0 Å². The molecule has 0 aromatic heterocycles. The first-order valence-corrected chi connectivity index (χ1v) is 8.16. The molecule has 1 aromatic rings.